The van der Waals surface area contributed by atoms with E-state index < -0.39 is 24.5 Å². The van der Waals surface area contributed by atoms with Gasteiger partial charge in [-0.1, -0.05) is 30.3 Å². The second-order valence-corrected chi connectivity index (χ2v) is 3.87. The van der Waals surface area contributed by atoms with Gasteiger partial charge in [0.1, 0.15) is 12.2 Å². The number of imide groups is 1. The molecule has 1 aromatic rings. The summed E-state index contributed by atoms with van der Waals surface area (Å²) in [7, 11) is 1.20. The van der Waals surface area contributed by atoms with Crippen molar-refractivity contribution in [2.24, 2.45) is 0 Å². The maximum atomic E-state index is 11.9. The number of urea groups is 1. The molecule has 19 heavy (non-hydrogen) atoms. The molecule has 98 valence electrons. The van der Waals surface area contributed by atoms with Crippen LogP contribution in [0.1, 0.15) is 5.56 Å². The molecule has 1 aromatic carbocycles. The minimum Gasteiger partial charge on any atom is -0.468 e. The fourth-order valence-corrected chi connectivity index (χ4v) is 1.62. The summed E-state index contributed by atoms with van der Waals surface area (Å²) in [5.74, 6) is -1.19. The van der Waals surface area contributed by atoms with E-state index in [0.717, 1.165) is 10.5 Å². The smallest absolute Gasteiger partial charge is 0.329 e. The quantitative estimate of drug-likeness (QED) is 0.494. The lowest BCUT2D eigenvalue weighted by molar-refractivity contribution is -0.143. The summed E-state index contributed by atoms with van der Waals surface area (Å²) in [6, 6.07) is 8.46. The summed E-state index contributed by atoms with van der Waals surface area (Å²) in [6.07, 6.45) is 1.55. The van der Waals surface area contributed by atoms with Gasteiger partial charge in [-0.05, 0) is 11.6 Å². The molecule has 0 spiro atoms. The summed E-state index contributed by atoms with van der Waals surface area (Å²) < 4.78 is 4.43. The Bertz CT molecular complexity index is 551. The summed E-state index contributed by atoms with van der Waals surface area (Å²) in [5, 5.41) is 2.42. The van der Waals surface area contributed by atoms with Crippen LogP contribution in [0.25, 0.3) is 6.08 Å². The number of esters is 1. The van der Waals surface area contributed by atoms with E-state index in [9.17, 15) is 14.4 Å². The highest BCUT2D eigenvalue weighted by Crippen LogP contribution is 2.13. The van der Waals surface area contributed by atoms with Crippen molar-refractivity contribution in [1.82, 2.24) is 10.2 Å². The first kappa shape index (κ1) is 12.8. The van der Waals surface area contributed by atoms with Gasteiger partial charge in [0.2, 0.25) is 0 Å². The summed E-state index contributed by atoms with van der Waals surface area (Å²) in [6.45, 7) is -0.396. The molecule has 6 heteroatoms. The number of amides is 3. The first-order chi connectivity index (χ1) is 9.11. The van der Waals surface area contributed by atoms with E-state index in [1.54, 1.807) is 18.2 Å². The standard InChI is InChI=1S/C13H12N2O4/c1-19-11(16)8-15-12(17)10(14-13(15)18)7-9-5-3-2-4-6-9/h2-7H,8H2,1H3,(H,14,18)/b10-7+. The van der Waals surface area contributed by atoms with Crippen molar-refractivity contribution in [3.05, 3.63) is 41.6 Å². The van der Waals surface area contributed by atoms with Crippen LogP contribution >= 0.6 is 0 Å². The number of carbonyl (C=O) groups is 3. The molecule has 0 atom stereocenters. The summed E-state index contributed by atoms with van der Waals surface area (Å²) in [4.78, 5) is 35.4. The SMILES string of the molecule is COC(=O)CN1C(=O)N/C(=C/c2ccccc2)C1=O. The molecule has 2 rings (SSSR count). The highest BCUT2D eigenvalue weighted by Gasteiger charge is 2.35. The van der Waals surface area contributed by atoms with E-state index in [0.29, 0.717) is 0 Å². The average molecular weight is 260 g/mol. The molecule has 1 N–H and O–H groups in total. The zero-order valence-corrected chi connectivity index (χ0v) is 10.3. The first-order valence-electron chi connectivity index (χ1n) is 5.58. The molecule has 0 bridgehead atoms. The van der Waals surface area contributed by atoms with Crippen molar-refractivity contribution in [2.45, 2.75) is 0 Å². The highest BCUT2D eigenvalue weighted by atomic mass is 16.5. The molecule has 0 aromatic heterocycles. The summed E-state index contributed by atoms with van der Waals surface area (Å²) in [5.41, 5.74) is 0.922. The van der Waals surface area contributed by atoms with Gasteiger partial charge in [-0.3, -0.25) is 9.59 Å². The lowest BCUT2D eigenvalue weighted by atomic mass is 10.2. The second kappa shape index (κ2) is 5.34. The first-order valence-corrected chi connectivity index (χ1v) is 5.58. The van der Waals surface area contributed by atoms with Crippen LogP contribution in [0.4, 0.5) is 4.79 Å². The van der Waals surface area contributed by atoms with Crippen molar-refractivity contribution in [3.8, 4) is 0 Å². The fraction of sp³-hybridized carbons (Fsp3) is 0.154. The number of nitrogens with zero attached hydrogens (tertiary/aromatic N) is 1. The van der Waals surface area contributed by atoms with Crippen LogP contribution in [0.3, 0.4) is 0 Å². The van der Waals surface area contributed by atoms with Gasteiger partial charge in [-0.15, -0.1) is 0 Å². The zero-order valence-electron chi connectivity index (χ0n) is 10.3. The van der Waals surface area contributed by atoms with Crippen molar-refractivity contribution >= 4 is 24.0 Å². The number of methoxy groups -OCH3 is 1. The molecule has 1 heterocycles. The van der Waals surface area contributed by atoms with Gasteiger partial charge in [-0.25, -0.2) is 9.69 Å². The fourth-order valence-electron chi connectivity index (χ4n) is 1.62. The van der Waals surface area contributed by atoms with Crippen LogP contribution in [0, 0.1) is 0 Å². The number of nitrogens with one attached hydrogen (secondary N) is 1. The van der Waals surface area contributed by atoms with Gasteiger partial charge >= 0.3 is 12.0 Å². The Morgan fingerprint density at radius 3 is 2.63 bits per heavy atom. The van der Waals surface area contributed by atoms with Gasteiger partial charge in [0.25, 0.3) is 5.91 Å². The Hall–Kier alpha value is -2.63. The predicted molar refractivity (Wildman–Crippen MR) is 66.7 cm³/mol. The minimum absolute atomic E-state index is 0.139. The molecule has 0 saturated carbocycles. The lowest BCUT2D eigenvalue weighted by Gasteiger charge is -2.08. The molecule has 1 aliphatic rings. The van der Waals surface area contributed by atoms with E-state index in [1.807, 2.05) is 18.2 Å². The number of rotatable bonds is 3. The molecular weight excluding hydrogens is 248 g/mol. The Labute approximate surface area is 109 Å². The molecule has 0 radical (unpaired) electrons. The van der Waals surface area contributed by atoms with Crippen LogP contribution in [0.2, 0.25) is 0 Å². The van der Waals surface area contributed by atoms with Crippen LogP contribution in [0.15, 0.2) is 36.0 Å². The van der Waals surface area contributed by atoms with Crippen LogP contribution in [-0.4, -0.2) is 36.5 Å². The topological polar surface area (TPSA) is 75.7 Å². The molecule has 1 saturated heterocycles. The Balaban J connectivity index is 2.18. The average Bonchev–Trinajstić information content (AvgIpc) is 2.67. The molecule has 6 nitrogen and oxygen atoms in total. The van der Waals surface area contributed by atoms with E-state index in [-0.39, 0.29) is 5.70 Å². The third kappa shape index (κ3) is 2.79. The van der Waals surface area contributed by atoms with Gasteiger partial charge in [0.15, 0.2) is 0 Å². The van der Waals surface area contributed by atoms with Crippen molar-refractivity contribution in [1.29, 1.82) is 0 Å². The number of benzene rings is 1. The van der Waals surface area contributed by atoms with Gasteiger partial charge in [-0.2, -0.15) is 0 Å². The Morgan fingerprint density at radius 1 is 1.32 bits per heavy atom. The molecule has 1 aliphatic heterocycles. The van der Waals surface area contributed by atoms with Crippen LogP contribution < -0.4 is 5.32 Å². The third-order valence-electron chi connectivity index (χ3n) is 2.59. The number of ether oxygens (including phenoxy) is 1. The van der Waals surface area contributed by atoms with E-state index in [2.05, 4.69) is 10.1 Å². The second-order valence-electron chi connectivity index (χ2n) is 3.87. The molecule has 3 amide bonds. The van der Waals surface area contributed by atoms with E-state index in [4.69, 9.17) is 0 Å². The maximum Gasteiger partial charge on any atom is 0.329 e. The molecular formula is C13H12N2O4. The number of carbonyl (C=O) groups excluding carboxylic acids is 3. The van der Waals surface area contributed by atoms with Gasteiger partial charge < -0.3 is 10.1 Å². The van der Waals surface area contributed by atoms with Gasteiger partial charge in [0.05, 0.1) is 7.11 Å². The monoisotopic (exact) mass is 260 g/mol. The Morgan fingerprint density at radius 2 is 2.00 bits per heavy atom. The van der Waals surface area contributed by atoms with Crippen molar-refractivity contribution in [3.63, 3.8) is 0 Å². The Kier molecular flexibility index (Phi) is 3.61. The van der Waals surface area contributed by atoms with Crippen molar-refractivity contribution in [2.75, 3.05) is 13.7 Å². The number of hydrogen-bond acceptors (Lipinski definition) is 4. The van der Waals surface area contributed by atoms with E-state index >= 15 is 0 Å². The molecule has 0 aliphatic carbocycles. The van der Waals surface area contributed by atoms with Gasteiger partial charge in [0, 0.05) is 0 Å². The van der Waals surface area contributed by atoms with Crippen LogP contribution in [-0.2, 0) is 14.3 Å². The van der Waals surface area contributed by atoms with Crippen LogP contribution in [0.5, 0.6) is 0 Å². The van der Waals surface area contributed by atoms with E-state index in [1.165, 1.54) is 7.11 Å². The summed E-state index contributed by atoms with van der Waals surface area (Å²) >= 11 is 0. The van der Waals surface area contributed by atoms with Crippen molar-refractivity contribution < 1.29 is 19.1 Å². The largest absolute Gasteiger partial charge is 0.468 e. The third-order valence-corrected chi connectivity index (χ3v) is 2.59. The minimum atomic E-state index is -0.649. The lowest BCUT2D eigenvalue weighted by Crippen LogP contribution is -2.36. The highest BCUT2D eigenvalue weighted by molar-refractivity contribution is 6.15. The normalized spacial score (nSPS) is 16.7. The number of hydrogen-bond donors (Lipinski definition) is 1. The molecule has 0 unspecified atom stereocenters. The maximum absolute atomic E-state index is 11.9. The predicted octanol–water partition coefficient (Wildman–Crippen LogP) is 0.752. The zero-order chi connectivity index (χ0) is 13.8. The molecule has 1 fully saturated rings.